The monoisotopic (exact) mass is 330 g/mol. The highest BCUT2D eigenvalue weighted by Gasteiger charge is 2.53. The zero-order valence-corrected chi connectivity index (χ0v) is 14.3. The molecule has 3 heteroatoms. The molecule has 0 amide bonds. The van der Waals surface area contributed by atoms with E-state index in [9.17, 15) is 9.90 Å². The minimum absolute atomic E-state index is 0.131. The predicted octanol–water partition coefficient (Wildman–Crippen LogP) is 5.03. The fourth-order valence-electron chi connectivity index (χ4n) is 5.60. The van der Waals surface area contributed by atoms with Gasteiger partial charge in [0.1, 0.15) is 5.75 Å². The van der Waals surface area contributed by atoms with E-state index in [0.29, 0.717) is 28.6 Å². The van der Waals surface area contributed by atoms with Crippen molar-refractivity contribution in [2.24, 2.45) is 17.3 Å². The first-order chi connectivity index (χ1) is 11.1. The van der Waals surface area contributed by atoms with Gasteiger partial charge in [-0.05, 0) is 85.6 Å². The number of carbonyl (C=O) groups excluding carboxylic acids is 1. The number of allylic oxidation sites excluding steroid dienone is 2. The van der Waals surface area contributed by atoms with E-state index < -0.39 is 0 Å². The van der Waals surface area contributed by atoms with Crippen LogP contribution in [0.4, 0.5) is 0 Å². The molecule has 0 saturated heterocycles. The molecule has 0 heterocycles. The molecule has 1 fully saturated rings. The summed E-state index contributed by atoms with van der Waals surface area (Å²) in [6.45, 7) is 2.18. The van der Waals surface area contributed by atoms with Gasteiger partial charge < -0.3 is 5.11 Å². The third-order valence-corrected chi connectivity index (χ3v) is 7.08. The van der Waals surface area contributed by atoms with Crippen LogP contribution in [-0.4, -0.2) is 10.9 Å². The van der Waals surface area contributed by atoms with Crippen molar-refractivity contribution < 1.29 is 9.90 Å². The molecule has 0 aliphatic heterocycles. The number of ketones is 1. The Bertz CT molecular complexity index is 693. The van der Waals surface area contributed by atoms with E-state index in [1.165, 1.54) is 11.1 Å². The molecule has 3 aliphatic rings. The highest BCUT2D eigenvalue weighted by molar-refractivity contribution is 6.32. The van der Waals surface area contributed by atoms with Crippen LogP contribution in [0.3, 0.4) is 0 Å². The van der Waals surface area contributed by atoms with Gasteiger partial charge >= 0.3 is 0 Å². The minimum Gasteiger partial charge on any atom is -0.506 e. The number of phenols is 1. The van der Waals surface area contributed by atoms with Gasteiger partial charge in [-0.2, -0.15) is 0 Å². The maximum absolute atomic E-state index is 12.7. The number of hydrogen-bond acceptors (Lipinski definition) is 2. The summed E-state index contributed by atoms with van der Waals surface area (Å²) >= 11 is 6.18. The summed E-state index contributed by atoms with van der Waals surface area (Å²) in [5, 5.41) is 10.3. The molecular formula is C20H23ClO2. The second-order valence-corrected chi connectivity index (χ2v) is 7.88. The number of rotatable bonds is 1. The van der Waals surface area contributed by atoms with Gasteiger partial charge in [0.15, 0.2) is 5.78 Å². The highest BCUT2D eigenvalue weighted by atomic mass is 35.5. The molecule has 23 heavy (non-hydrogen) atoms. The summed E-state index contributed by atoms with van der Waals surface area (Å²) in [7, 11) is 0. The number of hydrogen-bond donors (Lipinski definition) is 1. The summed E-state index contributed by atoms with van der Waals surface area (Å²) in [6.07, 6.45) is 10.0. The van der Waals surface area contributed by atoms with Gasteiger partial charge in [0.2, 0.25) is 0 Å². The first-order valence-electron chi connectivity index (χ1n) is 8.79. The van der Waals surface area contributed by atoms with E-state index in [-0.39, 0.29) is 11.2 Å². The lowest BCUT2D eigenvalue weighted by Gasteiger charge is -2.53. The standard InChI is InChI=1S/C20H23ClO2/c1-2-20-9-8-13-14(16(20)4-3-5-19(20)23)7-6-12-10-18(22)17(21)11-15(12)13/h3,5,10-11,13-14,16,22H,2,4,6-9H2,1H3/t13-,14+,16-,20-/m0/s1. The molecule has 0 unspecified atom stereocenters. The molecule has 1 N–H and O–H groups in total. The van der Waals surface area contributed by atoms with E-state index >= 15 is 0 Å². The summed E-state index contributed by atoms with van der Waals surface area (Å²) in [5.41, 5.74) is 2.43. The quantitative estimate of drug-likeness (QED) is 0.784. The van der Waals surface area contributed by atoms with Crippen molar-refractivity contribution >= 4 is 17.4 Å². The maximum Gasteiger partial charge on any atom is 0.161 e. The fraction of sp³-hybridized carbons (Fsp3) is 0.550. The molecule has 122 valence electrons. The topological polar surface area (TPSA) is 37.3 Å². The first kappa shape index (κ1) is 15.3. The predicted molar refractivity (Wildman–Crippen MR) is 91.9 cm³/mol. The van der Waals surface area contributed by atoms with Crippen molar-refractivity contribution in [3.63, 3.8) is 0 Å². The maximum atomic E-state index is 12.7. The van der Waals surface area contributed by atoms with Gasteiger partial charge in [0.05, 0.1) is 5.02 Å². The van der Waals surface area contributed by atoms with Crippen molar-refractivity contribution in [3.05, 3.63) is 40.4 Å². The number of aromatic hydroxyl groups is 1. The number of fused-ring (bicyclic) bond motifs is 5. The van der Waals surface area contributed by atoms with Crippen LogP contribution in [0.2, 0.25) is 5.02 Å². The Labute approximate surface area is 142 Å². The molecule has 4 rings (SSSR count). The number of halogens is 1. The van der Waals surface area contributed by atoms with Gasteiger partial charge in [-0.3, -0.25) is 4.79 Å². The molecule has 0 spiro atoms. The van der Waals surface area contributed by atoms with Gasteiger partial charge in [-0.1, -0.05) is 24.6 Å². The molecule has 0 radical (unpaired) electrons. The molecule has 3 aliphatic carbocycles. The Morgan fingerprint density at radius 1 is 1.35 bits per heavy atom. The summed E-state index contributed by atoms with van der Waals surface area (Å²) in [4.78, 5) is 12.7. The number of aryl methyl sites for hydroxylation is 1. The van der Waals surface area contributed by atoms with Crippen LogP contribution in [0.25, 0.3) is 0 Å². The zero-order chi connectivity index (χ0) is 16.2. The number of phenolic OH excluding ortho intramolecular Hbond substituents is 1. The summed E-state index contributed by atoms with van der Waals surface area (Å²) < 4.78 is 0. The Morgan fingerprint density at radius 3 is 2.96 bits per heavy atom. The number of carbonyl (C=O) groups is 1. The van der Waals surface area contributed by atoms with Gasteiger partial charge in [0.25, 0.3) is 0 Å². The summed E-state index contributed by atoms with van der Waals surface area (Å²) in [5.74, 6) is 2.05. The Balaban J connectivity index is 1.76. The van der Waals surface area contributed by atoms with Crippen LogP contribution in [0, 0.1) is 17.3 Å². The lowest BCUT2D eigenvalue weighted by atomic mass is 9.50. The normalized spacial score (nSPS) is 35.4. The lowest BCUT2D eigenvalue weighted by molar-refractivity contribution is -0.133. The number of benzene rings is 1. The molecule has 2 nitrogen and oxygen atoms in total. The lowest BCUT2D eigenvalue weighted by Crippen LogP contribution is -2.49. The van der Waals surface area contributed by atoms with Crippen LogP contribution in [0.1, 0.15) is 56.1 Å². The summed E-state index contributed by atoms with van der Waals surface area (Å²) in [6, 6.07) is 3.82. The average Bonchev–Trinajstić information content (AvgIpc) is 2.56. The van der Waals surface area contributed by atoms with E-state index in [1.54, 1.807) is 0 Å². The smallest absolute Gasteiger partial charge is 0.161 e. The molecule has 0 bridgehead atoms. The van der Waals surface area contributed by atoms with Crippen LogP contribution in [0.5, 0.6) is 5.75 Å². The van der Waals surface area contributed by atoms with Crippen LogP contribution < -0.4 is 0 Å². The molecular weight excluding hydrogens is 308 g/mol. The molecule has 1 saturated carbocycles. The van der Waals surface area contributed by atoms with Gasteiger partial charge in [-0.25, -0.2) is 0 Å². The van der Waals surface area contributed by atoms with Crippen LogP contribution >= 0.6 is 11.6 Å². The third kappa shape index (κ3) is 2.11. The second-order valence-electron chi connectivity index (χ2n) is 7.47. The van der Waals surface area contributed by atoms with E-state index in [1.807, 2.05) is 18.2 Å². The van der Waals surface area contributed by atoms with Crippen LogP contribution in [-0.2, 0) is 11.2 Å². The van der Waals surface area contributed by atoms with Crippen LogP contribution in [0.15, 0.2) is 24.3 Å². The average molecular weight is 331 g/mol. The van der Waals surface area contributed by atoms with E-state index in [0.717, 1.165) is 38.5 Å². The fourth-order valence-corrected chi connectivity index (χ4v) is 5.77. The van der Waals surface area contributed by atoms with Crippen molar-refractivity contribution in [3.8, 4) is 5.75 Å². The largest absolute Gasteiger partial charge is 0.506 e. The molecule has 1 aromatic carbocycles. The highest BCUT2D eigenvalue weighted by Crippen LogP contribution is 2.59. The van der Waals surface area contributed by atoms with Crippen molar-refractivity contribution in [2.75, 3.05) is 0 Å². The van der Waals surface area contributed by atoms with E-state index in [2.05, 4.69) is 13.0 Å². The van der Waals surface area contributed by atoms with Crippen molar-refractivity contribution in [1.29, 1.82) is 0 Å². The first-order valence-corrected chi connectivity index (χ1v) is 9.17. The van der Waals surface area contributed by atoms with Crippen molar-refractivity contribution in [2.45, 2.75) is 51.4 Å². The Hall–Kier alpha value is -1.28. The Kier molecular flexibility index (Phi) is 3.57. The van der Waals surface area contributed by atoms with E-state index in [4.69, 9.17) is 11.6 Å². The Morgan fingerprint density at radius 2 is 2.17 bits per heavy atom. The van der Waals surface area contributed by atoms with Crippen molar-refractivity contribution in [1.82, 2.24) is 0 Å². The zero-order valence-electron chi connectivity index (χ0n) is 13.5. The van der Waals surface area contributed by atoms with Gasteiger partial charge in [0, 0.05) is 5.41 Å². The molecule has 4 atom stereocenters. The third-order valence-electron chi connectivity index (χ3n) is 6.78. The second kappa shape index (κ2) is 5.37. The van der Waals surface area contributed by atoms with Gasteiger partial charge in [-0.15, -0.1) is 0 Å². The SMILES string of the molecule is CC[C@]12CC[C@@H]3c4cc(Cl)c(O)cc4CC[C@H]3[C@@H]1CC=CC2=O. The minimum atomic E-state index is -0.131. The molecule has 1 aromatic rings. The molecule has 0 aromatic heterocycles.